The number of fused-ring (bicyclic) bond motifs is 1. The van der Waals surface area contributed by atoms with Crippen molar-refractivity contribution < 1.29 is 14.3 Å². The van der Waals surface area contributed by atoms with Crippen LogP contribution in [0.15, 0.2) is 18.2 Å². The predicted molar refractivity (Wildman–Crippen MR) is 64.5 cm³/mol. The minimum Gasteiger partial charge on any atom is -0.449 e. The van der Waals surface area contributed by atoms with Gasteiger partial charge in [0, 0.05) is 12.1 Å². The Morgan fingerprint density at radius 3 is 2.82 bits per heavy atom. The van der Waals surface area contributed by atoms with Gasteiger partial charge in [0.15, 0.2) is 5.78 Å². The van der Waals surface area contributed by atoms with E-state index in [4.69, 9.17) is 4.74 Å². The number of carbonyl (C=O) groups excluding carboxylic acids is 2. The monoisotopic (exact) mass is 233 g/mol. The van der Waals surface area contributed by atoms with Crippen molar-refractivity contribution in [1.29, 1.82) is 0 Å². The second-order valence-corrected chi connectivity index (χ2v) is 4.00. The van der Waals surface area contributed by atoms with Crippen LogP contribution in [0.1, 0.15) is 29.8 Å². The van der Waals surface area contributed by atoms with Gasteiger partial charge in [-0.15, -0.1) is 0 Å². The van der Waals surface area contributed by atoms with Crippen LogP contribution < -0.4 is 4.90 Å². The Balaban J connectivity index is 2.27. The molecule has 1 amide bonds. The molecule has 1 aromatic carbocycles. The van der Waals surface area contributed by atoms with Gasteiger partial charge in [-0.3, -0.25) is 9.69 Å². The van der Waals surface area contributed by atoms with Crippen molar-refractivity contribution in [1.82, 2.24) is 0 Å². The van der Waals surface area contributed by atoms with E-state index in [9.17, 15) is 9.59 Å². The number of ketones is 1. The Kier molecular flexibility index (Phi) is 3.13. The highest BCUT2D eigenvalue weighted by Crippen LogP contribution is 2.29. The molecule has 1 aliphatic heterocycles. The van der Waals surface area contributed by atoms with Crippen molar-refractivity contribution in [3.63, 3.8) is 0 Å². The van der Waals surface area contributed by atoms with Crippen LogP contribution in [0.2, 0.25) is 0 Å². The SMILES string of the molecule is CCOC(=O)N1CCc2cc(C(C)=O)ccc21. The van der Waals surface area contributed by atoms with E-state index in [1.54, 1.807) is 24.8 Å². The van der Waals surface area contributed by atoms with Gasteiger partial charge in [-0.2, -0.15) is 0 Å². The molecule has 0 N–H and O–H groups in total. The maximum atomic E-state index is 11.7. The molecule has 17 heavy (non-hydrogen) atoms. The highest BCUT2D eigenvalue weighted by Gasteiger charge is 2.25. The topological polar surface area (TPSA) is 46.6 Å². The van der Waals surface area contributed by atoms with Crippen LogP contribution in [0.5, 0.6) is 0 Å². The summed E-state index contributed by atoms with van der Waals surface area (Å²) in [5, 5.41) is 0. The highest BCUT2D eigenvalue weighted by atomic mass is 16.6. The Morgan fingerprint density at radius 1 is 1.41 bits per heavy atom. The van der Waals surface area contributed by atoms with Crippen LogP contribution in [-0.4, -0.2) is 25.0 Å². The van der Waals surface area contributed by atoms with Crippen molar-refractivity contribution in [2.24, 2.45) is 0 Å². The molecule has 0 atom stereocenters. The fourth-order valence-electron chi connectivity index (χ4n) is 2.01. The summed E-state index contributed by atoms with van der Waals surface area (Å²) >= 11 is 0. The van der Waals surface area contributed by atoms with Crippen molar-refractivity contribution >= 4 is 17.6 Å². The van der Waals surface area contributed by atoms with Gasteiger partial charge in [0.1, 0.15) is 0 Å². The first kappa shape index (κ1) is 11.6. The number of ether oxygens (including phenoxy) is 1. The van der Waals surface area contributed by atoms with Crippen molar-refractivity contribution in [2.45, 2.75) is 20.3 Å². The highest BCUT2D eigenvalue weighted by molar-refractivity contribution is 5.96. The van der Waals surface area contributed by atoms with E-state index < -0.39 is 0 Å². The van der Waals surface area contributed by atoms with E-state index >= 15 is 0 Å². The summed E-state index contributed by atoms with van der Waals surface area (Å²) in [5.41, 5.74) is 2.58. The molecule has 4 heteroatoms. The number of amides is 1. The van der Waals surface area contributed by atoms with Gasteiger partial charge in [0.05, 0.1) is 12.3 Å². The lowest BCUT2D eigenvalue weighted by Crippen LogP contribution is -2.29. The molecule has 0 saturated carbocycles. The van der Waals surface area contributed by atoms with E-state index in [2.05, 4.69) is 0 Å². The molecule has 0 spiro atoms. The first-order valence-corrected chi connectivity index (χ1v) is 5.71. The predicted octanol–water partition coefficient (Wildman–Crippen LogP) is 2.41. The minimum atomic E-state index is -0.318. The molecule has 0 unspecified atom stereocenters. The van der Waals surface area contributed by atoms with Gasteiger partial charge in [0.2, 0.25) is 0 Å². The van der Waals surface area contributed by atoms with Gasteiger partial charge < -0.3 is 4.74 Å². The molecule has 2 rings (SSSR count). The van der Waals surface area contributed by atoms with Gasteiger partial charge in [-0.05, 0) is 44.0 Å². The van der Waals surface area contributed by atoms with Crippen LogP contribution in [0.4, 0.5) is 10.5 Å². The third kappa shape index (κ3) is 2.16. The quantitative estimate of drug-likeness (QED) is 0.737. The lowest BCUT2D eigenvalue weighted by atomic mass is 10.1. The molecule has 0 aliphatic carbocycles. The van der Waals surface area contributed by atoms with Crippen molar-refractivity contribution in [3.8, 4) is 0 Å². The minimum absolute atomic E-state index is 0.0439. The van der Waals surface area contributed by atoms with Crippen LogP contribution in [-0.2, 0) is 11.2 Å². The number of hydrogen-bond donors (Lipinski definition) is 0. The number of benzene rings is 1. The largest absolute Gasteiger partial charge is 0.449 e. The third-order valence-electron chi connectivity index (χ3n) is 2.87. The number of hydrogen-bond acceptors (Lipinski definition) is 3. The van der Waals surface area contributed by atoms with Crippen LogP contribution in [0.25, 0.3) is 0 Å². The Labute approximate surface area is 100 Å². The fraction of sp³-hybridized carbons (Fsp3) is 0.385. The van der Waals surface area contributed by atoms with E-state index in [0.29, 0.717) is 18.7 Å². The van der Waals surface area contributed by atoms with Crippen LogP contribution in [0, 0.1) is 0 Å². The average Bonchev–Trinajstić information content (AvgIpc) is 2.71. The lowest BCUT2D eigenvalue weighted by molar-refractivity contribution is 0.101. The molecule has 1 aromatic rings. The molecule has 0 bridgehead atoms. The molecular formula is C13H15NO3. The van der Waals surface area contributed by atoms with E-state index in [1.165, 1.54) is 0 Å². The van der Waals surface area contributed by atoms with Crippen LogP contribution in [0.3, 0.4) is 0 Å². The van der Waals surface area contributed by atoms with E-state index in [0.717, 1.165) is 17.7 Å². The van der Waals surface area contributed by atoms with Crippen molar-refractivity contribution in [2.75, 3.05) is 18.1 Å². The first-order valence-electron chi connectivity index (χ1n) is 5.71. The second kappa shape index (κ2) is 4.57. The summed E-state index contributed by atoms with van der Waals surface area (Å²) in [6, 6.07) is 5.42. The summed E-state index contributed by atoms with van der Waals surface area (Å²) in [4.78, 5) is 24.5. The molecule has 0 fully saturated rings. The maximum Gasteiger partial charge on any atom is 0.414 e. The summed E-state index contributed by atoms with van der Waals surface area (Å²) < 4.78 is 4.98. The van der Waals surface area contributed by atoms with E-state index in [-0.39, 0.29) is 11.9 Å². The number of rotatable bonds is 2. The Hall–Kier alpha value is -1.84. The number of nitrogens with zero attached hydrogens (tertiary/aromatic N) is 1. The second-order valence-electron chi connectivity index (χ2n) is 4.00. The summed E-state index contributed by atoms with van der Waals surface area (Å²) in [7, 11) is 0. The molecule has 0 aromatic heterocycles. The molecule has 1 heterocycles. The third-order valence-corrected chi connectivity index (χ3v) is 2.87. The van der Waals surface area contributed by atoms with Gasteiger partial charge in [0.25, 0.3) is 0 Å². The maximum absolute atomic E-state index is 11.7. The summed E-state index contributed by atoms with van der Waals surface area (Å²) in [5.74, 6) is 0.0439. The first-order chi connectivity index (χ1) is 8.13. The smallest absolute Gasteiger partial charge is 0.414 e. The van der Waals surface area contributed by atoms with Crippen molar-refractivity contribution in [3.05, 3.63) is 29.3 Å². The standard InChI is InChI=1S/C13H15NO3/c1-3-17-13(16)14-7-6-11-8-10(9(2)15)4-5-12(11)14/h4-5,8H,3,6-7H2,1-2H3. The number of anilines is 1. The number of carbonyl (C=O) groups is 2. The lowest BCUT2D eigenvalue weighted by Gasteiger charge is -2.16. The van der Waals surface area contributed by atoms with Gasteiger partial charge >= 0.3 is 6.09 Å². The fourth-order valence-corrected chi connectivity index (χ4v) is 2.01. The molecule has 0 saturated heterocycles. The van der Waals surface area contributed by atoms with Gasteiger partial charge in [-0.1, -0.05) is 0 Å². The molecule has 90 valence electrons. The average molecular weight is 233 g/mol. The van der Waals surface area contributed by atoms with E-state index in [1.807, 2.05) is 12.1 Å². The Bertz CT molecular complexity index is 468. The summed E-state index contributed by atoms with van der Waals surface area (Å²) in [6.45, 7) is 4.32. The Morgan fingerprint density at radius 2 is 2.18 bits per heavy atom. The molecular weight excluding hydrogens is 218 g/mol. The zero-order valence-electron chi connectivity index (χ0n) is 10.0. The summed E-state index contributed by atoms with van der Waals surface area (Å²) in [6.07, 6.45) is 0.455. The normalized spacial score (nSPS) is 13.4. The molecule has 0 radical (unpaired) electrons. The van der Waals surface area contributed by atoms with Crippen LogP contribution >= 0.6 is 0 Å². The molecule has 1 aliphatic rings. The zero-order chi connectivity index (χ0) is 12.4. The van der Waals surface area contributed by atoms with Gasteiger partial charge in [-0.25, -0.2) is 4.79 Å². The zero-order valence-corrected chi connectivity index (χ0v) is 10.0. The number of Topliss-reactive ketones (excluding diaryl/α,β-unsaturated/α-hetero) is 1. The molecule has 4 nitrogen and oxygen atoms in total.